The molecule has 0 aliphatic rings. The Bertz CT molecular complexity index is 288. The van der Waals surface area contributed by atoms with E-state index in [-0.39, 0.29) is 6.10 Å². The van der Waals surface area contributed by atoms with E-state index in [2.05, 4.69) is 38.1 Å². The summed E-state index contributed by atoms with van der Waals surface area (Å²) in [4.78, 5) is 13.5. The number of rotatable bonds is 6. The van der Waals surface area contributed by atoms with E-state index in [9.17, 15) is 4.79 Å². The van der Waals surface area contributed by atoms with Crippen molar-refractivity contribution in [3.63, 3.8) is 0 Å². The molecule has 0 aromatic rings. The Morgan fingerprint density at radius 3 is 1.62 bits per heavy atom. The second-order valence-corrected chi connectivity index (χ2v) is 4.09. The smallest absolute Gasteiger partial charge is 0.303 e. The molecule has 0 amide bonds. The van der Waals surface area contributed by atoms with E-state index < -0.39 is 5.97 Å². The van der Waals surface area contributed by atoms with Crippen LogP contribution in [0.3, 0.4) is 0 Å². The molecule has 24 heavy (non-hydrogen) atoms. The minimum Gasteiger partial charge on any atom is -0.481 e. The Morgan fingerprint density at radius 1 is 1.12 bits per heavy atom. The average molecular weight is 343 g/mol. The van der Waals surface area contributed by atoms with Crippen LogP contribution >= 0.6 is 0 Å². The van der Waals surface area contributed by atoms with Crippen molar-refractivity contribution in [3.05, 3.63) is 62.8 Å². The molecule has 4 heteroatoms. The Morgan fingerprint density at radius 2 is 1.50 bits per heavy atom. The highest BCUT2D eigenvalue weighted by molar-refractivity contribution is 5.66. The fourth-order valence-corrected chi connectivity index (χ4v) is 0.484. The van der Waals surface area contributed by atoms with Crippen molar-refractivity contribution in [1.29, 1.82) is 0 Å². The summed E-state index contributed by atoms with van der Waals surface area (Å²) >= 11 is 0. The van der Waals surface area contributed by atoms with Crippen molar-refractivity contribution in [2.45, 2.75) is 60.0 Å². The van der Waals surface area contributed by atoms with Gasteiger partial charge in [-0.25, -0.2) is 4.89 Å². The molecular formula is C20H38O4. The van der Waals surface area contributed by atoms with Crippen molar-refractivity contribution in [2.24, 2.45) is 0 Å². The minimum absolute atomic E-state index is 0.243. The van der Waals surface area contributed by atoms with E-state index in [1.807, 2.05) is 26.8 Å². The van der Waals surface area contributed by atoms with Gasteiger partial charge in [0.05, 0.1) is 0 Å². The standard InChI is InChI=1S/C6H10O2.C4H8O2.C4H8.2C3H6/c1-3-4-5-6(2)8-7;1-2-3-4(5)6;1-3-4-2;2*1-3-2/h3-7H,1H2,2H3;2-3H2,1H3,(H,5,6);3H,1,4H2,2H3;2*3H,1H2,2H3/b5-4+;;;;/t6-;;;;/m0..../s1. The summed E-state index contributed by atoms with van der Waals surface area (Å²) < 4.78 is 0. The third-order valence-corrected chi connectivity index (χ3v) is 1.44. The first-order chi connectivity index (χ1) is 11.3. The van der Waals surface area contributed by atoms with Crippen LogP contribution in [0.5, 0.6) is 0 Å². The number of carboxylic acid groups (broad SMARTS) is 1. The molecule has 2 N–H and O–H groups in total. The normalized spacial score (nSPS) is 8.92. The molecule has 0 unspecified atom stereocenters. The van der Waals surface area contributed by atoms with Crippen LogP contribution in [0.4, 0.5) is 0 Å². The number of hydrogen-bond donors (Lipinski definition) is 2. The van der Waals surface area contributed by atoms with E-state index in [4.69, 9.17) is 10.4 Å². The van der Waals surface area contributed by atoms with Gasteiger partial charge in [0, 0.05) is 6.42 Å². The summed E-state index contributed by atoms with van der Waals surface area (Å²) in [6, 6.07) is 0. The number of aliphatic carboxylic acids is 1. The fraction of sp³-hybridized carbons (Fsp3) is 0.450. The topological polar surface area (TPSA) is 66.8 Å². The highest BCUT2D eigenvalue weighted by atomic mass is 17.1. The third kappa shape index (κ3) is 112. The zero-order valence-electron chi connectivity index (χ0n) is 16.2. The van der Waals surface area contributed by atoms with Gasteiger partial charge >= 0.3 is 5.97 Å². The van der Waals surface area contributed by atoms with Crippen molar-refractivity contribution in [1.82, 2.24) is 0 Å². The summed E-state index contributed by atoms with van der Waals surface area (Å²) in [7, 11) is 0. The molecule has 0 spiro atoms. The molecule has 0 aliphatic carbocycles. The first kappa shape index (κ1) is 33.6. The van der Waals surface area contributed by atoms with Crippen LogP contribution in [0.25, 0.3) is 0 Å². The lowest BCUT2D eigenvalue weighted by molar-refractivity contribution is -0.261. The Labute approximate surface area is 149 Å². The predicted octanol–water partition coefficient (Wildman–Crippen LogP) is 6.44. The lowest BCUT2D eigenvalue weighted by Crippen LogP contribution is -1.98. The average Bonchev–Trinajstić information content (AvgIpc) is 2.54. The second kappa shape index (κ2) is 42.9. The van der Waals surface area contributed by atoms with E-state index in [1.54, 1.807) is 37.3 Å². The molecule has 0 bridgehead atoms. The SMILES string of the molecule is C=C/C=C/[C@H](C)OO.C=CC.C=CC.C=CCC.CCCC(=O)O. The lowest BCUT2D eigenvalue weighted by Gasteiger charge is -1.95. The lowest BCUT2D eigenvalue weighted by atomic mass is 10.3. The van der Waals surface area contributed by atoms with E-state index in [0.29, 0.717) is 6.42 Å². The van der Waals surface area contributed by atoms with E-state index in [1.165, 1.54) is 0 Å². The molecule has 0 saturated heterocycles. The van der Waals surface area contributed by atoms with Crippen molar-refractivity contribution in [2.75, 3.05) is 0 Å². The first-order valence-electron chi connectivity index (χ1n) is 7.89. The maximum atomic E-state index is 9.60. The summed E-state index contributed by atoms with van der Waals surface area (Å²) in [5.74, 6) is -0.711. The molecule has 0 fully saturated rings. The van der Waals surface area contributed by atoms with Crippen LogP contribution in [0.15, 0.2) is 62.8 Å². The van der Waals surface area contributed by atoms with Crippen LogP contribution in [0.2, 0.25) is 0 Å². The molecule has 0 aromatic heterocycles. The highest BCUT2D eigenvalue weighted by Gasteiger charge is 1.88. The predicted molar refractivity (Wildman–Crippen MR) is 107 cm³/mol. The van der Waals surface area contributed by atoms with Gasteiger partial charge in [-0.2, -0.15) is 0 Å². The summed E-state index contributed by atoms with van der Waals surface area (Å²) in [5, 5.41) is 15.9. The molecule has 0 heterocycles. The molecule has 0 saturated carbocycles. The van der Waals surface area contributed by atoms with Gasteiger partial charge in [-0.05, 0) is 33.6 Å². The third-order valence-electron chi connectivity index (χ3n) is 1.44. The Balaban J connectivity index is -0.0000000669. The van der Waals surface area contributed by atoms with Crippen LogP contribution in [-0.4, -0.2) is 22.4 Å². The molecule has 0 radical (unpaired) electrons. The zero-order chi connectivity index (χ0) is 20.2. The molecule has 0 rings (SSSR count). The monoisotopic (exact) mass is 342 g/mol. The maximum absolute atomic E-state index is 9.60. The minimum atomic E-state index is -0.711. The van der Waals surface area contributed by atoms with Gasteiger partial charge in [0.2, 0.25) is 0 Å². The molecule has 0 aromatic carbocycles. The number of carbonyl (C=O) groups is 1. The molecule has 142 valence electrons. The summed E-state index contributed by atoms with van der Waals surface area (Å²) in [6.45, 7) is 23.0. The van der Waals surface area contributed by atoms with E-state index in [0.717, 1.165) is 12.8 Å². The summed E-state index contributed by atoms with van der Waals surface area (Å²) in [6.07, 6.45) is 12.3. The Kier molecular flexibility index (Phi) is 60.1. The number of allylic oxidation sites excluding steroid dienone is 5. The van der Waals surface area contributed by atoms with Crippen molar-refractivity contribution >= 4 is 5.97 Å². The quantitative estimate of drug-likeness (QED) is 0.252. The van der Waals surface area contributed by atoms with Crippen LogP contribution in [-0.2, 0) is 9.68 Å². The van der Waals surface area contributed by atoms with Gasteiger partial charge in [0.1, 0.15) is 6.10 Å². The van der Waals surface area contributed by atoms with E-state index >= 15 is 0 Å². The van der Waals surface area contributed by atoms with Gasteiger partial charge < -0.3 is 5.11 Å². The van der Waals surface area contributed by atoms with Crippen molar-refractivity contribution < 1.29 is 20.0 Å². The van der Waals surface area contributed by atoms with Crippen LogP contribution in [0.1, 0.15) is 53.9 Å². The van der Waals surface area contributed by atoms with Gasteiger partial charge in [0.15, 0.2) is 0 Å². The van der Waals surface area contributed by atoms with Gasteiger partial charge in [-0.3, -0.25) is 10.1 Å². The fourth-order valence-electron chi connectivity index (χ4n) is 0.484. The molecule has 1 atom stereocenters. The number of carboxylic acids is 1. The van der Waals surface area contributed by atoms with Gasteiger partial charge in [-0.1, -0.05) is 56.9 Å². The molecular weight excluding hydrogens is 304 g/mol. The maximum Gasteiger partial charge on any atom is 0.303 e. The van der Waals surface area contributed by atoms with Crippen LogP contribution < -0.4 is 0 Å². The molecule has 4 nitrogen and oxygen atoms in total. The van der Waals surface area contributed by atoms with Crippen molar-refractivity contribution in [3.8, 4) is 0 Å². The van der Waals surface area contributed by atoms with Gasteiger partial charge in [-0.15, -0.1) is 19.7 Å². The Hall–Kier alpha value is -1.91. The summed E-state index contributed by atoms with van der Waals surface area (Å²) in [5.41, 5.74) is 0. The molecule has 0 aliphatic heterocycles. The highest BCUT2D eigenvalue weighted by Crippen LogP contribution is 1.87. The number of hydrogen-bond acceptors (Lipinski definition) is 3. The van der Waals surface area contributed by atoms with Gasteiger partial charge in [0.25, 0.3) is 0 Å². The van der Waals surface area contributed by atoms with Crippen LogP contribution in [0, 0.1) is 0 Å². The zero-order valence-corrected chi connectivity index (χ0v) is 16.2. The second-order valence-electron chi connectivity index (χ2n) is 4.09. The largest absolute Gasteiger partial charge is 0.481 e. The first-order valence-corrected chi connectivity index (χ1v) is 7.89.